The topological polar surface area (TPSA) is 102 Å². The average Bonchev–Trinajstić information content (AvgIpc) is 2.87. The van der Waals surface area contributed by atoms with E-state index in [2.05, 4.69) is 19.1 Å². The van der Waals surface area contributed by atoms with E-state index in [1.807, 2.05) is 21.1 Å². The summed E-state index contributed by atoms with van der Waals surface area (Å²) in [4.78, 5) is 21.8. The van der Waals surface area contributed by atoms with Crippen molar-refractivity contribution in [2.24, 2.45) is 0 Å². The molecule has 0 saturated carbocycles. The van der Waals surface area contributed by atoms with Crippen LogP contribution in [0.4, 0.5) is 0 Å². The van der Waals surface area contributed by atoms with Crippen molar-refractivity contribution in [1.82, 2.24) is 0 Å². The average molecular weight is 593 g/mol. The summed E-state index contributed by atoms with van der Waals surface area (Å²) in [5.41, 5.74) is -1.58. The normalized spacial score (nSPS) is 15.3. The minimum atomic E-state index is -4.29. The zero-order chi connectivity index (χ0) is 30.2. The molecule has 0 aromatic rings. The molecule has 0 radical (unpaired) electrons. The quantitative estimate of drug-likeness (QED) is 0.0315. The Morgan fingerprint density at radius 1 is 0.775 bits per heavy atom. The lowest BCUT2D eigenvalue weighted by molar-refractivity contribution is -0.870. The third kappa shape index (κ3) is 28.8. The fourth-order valence-corrected chi connectivity index (χ4v) is 4.91. The first kappa shape index (κ1) is 39.2. The highest BCUT2D eigenvalue weighted by atomic mass is 31.2. The molecule has 40 heavy (non-hydrogen) atoms. The molecule has 0 bridgehead atoms. The van der Waals surface area contributed by atoms with E-state index in [4.69, 9.17) is 13.8 Å². The van der Waals surface area contributed by atoms with Crippen LogP contribution in [0.3, 0.4) is 0 Å². The number of hydrogen-bond donors (Lipinski definition) is 2. The summed E-state index contributed by atoms with van der Waals surface area (Å²) in [5, 5.41) is 10.3. The second-order valence-corrected chi connectivity index (χ2v) is 13.9. The minimum absolute atomic E-state index is 0.0473. The molecular formula is C31H63NO7P+. The van der Waals surface area contributed by atoms with E-state index in [9.17, 15) is 19.4 Å². The van der Waals surface area contributed by atoms with Crippen molar-refractivity contribution in [3.8, 4) is 0 Å². The highest BCUT2D eigenvalue weighted by Crippen LogP contribution is 2.43. The van der Waals surface area contributed by atoms with Gasteiger partial charge in [0.25, 0.3) is 0 Å². The van der Waals surface area contributed by atoms with Crippen LogP contribution in [0.25, 0.3) is 0 Å². The fraction of sp³-hybridized carbons (Fsp3) is 0.903. The lowest BCUT2D eigenvalue weighted by atomic mass is 10.1. The first-order valence-corrected chi connectivity index (χ1v) is 17.3. The summed E-state index contributed by atoms with van der Waals surface area (Å²) in [5.74, 6) is -0.382. The van der Waals surface area contributed by atoms with Crippen molar-refractivity contribution in [1.29, 1.82) is 0 Å². The molecule has 2 unspecified atom stereocenters. The maximum atomic E-state index is 12.0. The van der Waals surface area contributed by atoms with Crippen LogP contribution in [-0.2, 0) is 23.1 Å². The molecule has 0 aliphatic rings. The number of ether oxygens (including phenoxy) is 1. The Morgan fingerprint density at radius 2 is 1.25 bits per heavy atom. The van der Waals surface area contributed by atoms with E-state index >= 15 is 0 Å². The van der Waals surface area contributed by atoms with Gasteiger partial charge < -0.3 is 19.2 Å². The summed E-state index contributed by atoms with van der Waals surface area (Å²) in [7, 11) is 1.52. The summed E-state index contributed by atoms with van der Waals surface area (Å²) >= 11 is 0. The van der Waals surface area contributed by atoms with E-state index in [1.54, 1.807) is 0 Å². The molecule has 2 N–H and O–H groups in total. The second kappa shape index (κ2) is 23.8. The molecular weight excluding hydrogens is 529 g/mol. The zero-order valence-corrected chi connectivity index (χ0v) is 27.4. The van der Waals surface area contributed by atoms with Crippen LogP contribution in [0.1, 0.15) is 129 Å². The third-order valence-corrected chi connectivity index (χ3v) is 7.71. The molecule has 0 rings (SSSR count). The Morgan fingerprint density at radius 3 is 1.75 bits per heavy atom. The van der Waals surface area contributed by atoms with Crippen molar-refractivity contribution in [3.05, 3.63) is 12.2 Å². The molecule has 8 nitrogen and oxygen atoms in total. The van der Waals surface area contributed by atoms with Gasteiger partial charge in [-0.3, -0.25) is 13.8 Å². The Bertz CT molecular complexity index is 692. The number of quaternary nitrogens is 1. The number of rotatable bonds is 28. The van der Waals surface area contributed by atoms with Gasteiger partial charge in [0, 0.05) is 6.42 Å². The second-order valence-electron chi connectivity index (χ2n) is 12.5. The van der Waals surface area contributed by atoms with Gasteiger partial charge in [-0.1, -0.05) is 96.1 Å². The highest BCUT2D eigenvalue weighted by molar-refractivity contribution is 7.47. The van der Waals surface area contributed by atoms with Crippen LogP contribution >= 0.6 is 7.82 Å². The van der Waals surface area contributed by atoms with Gasteiger partial charge in [0.15, 0.2) is 0 Å². The zero-order valence-electron chi connectivity index (χ0n) is 26.5. The predicted molar refractivity (Wildman–Crippen MR) is 164 cm³/mol. The number of nitrogens with zero attached hydrogens (tertiary/aromatic N) is 1. The van der Waals surface area contributed by atoms with Gasteiger partial charge in [-0.05, 0) is 39.0 Å². The summed E-state index contributed by atoms with van der Waals surface area (Å²) in [6.45, 7) is 3.44. The van der Waals surface area contributed by atoms with Crippen molar-refractivity contribution in [2.45, 2.75) is 135 Å². The van der Waals surface area contributed by atoms with Crippen LogP contribution in [-0.4, -0.2) is 73.6 Å². The Hall–Kier alpha value is -0.760. The monoisotopic (exact) mass is 592 g/mol. The van der Waals surface area contributed by atoms with Crippen molar-refractivity contribution in [3.63, 3.8) is 0 Å². The molecule has 2 atom stereocenters. The van der Waals surface area contributed by atoms with Gasteiger partial charge >= 0.3 is 13.8 Å². The Balaban J connectivity index is 3.62. The molecule has 0 amide bonds. The van der Waals surface area contributed by atoms with E-state index in [-0.39, 0.29) is 19.2 Å². The number of carbonyl (C=O) groups excluding carboxylic acids is 1. The SMILES string of the molecule is CCCCCCCC/C=C\CCCCCCCCCCCC(=O)OCC(C)(O)COP(=O)(O)OCC[N+](C)(C)C. The molecule has 0 aromatic carbocycles. The fourth-order valence-electron chi connectivity index (χ4n) is 4.08. The van der Waals surface area contributed by atoms with Crippen LogP contribution < -0.4 is 0 Å². The first-order chi connectivity index (χ1) is 18.9. The summed E-state index contributed by atoms with van der Waals surface area (Å²) in [6, 6.07) is 0. The minimum Gasteiger partial charge on any atom is -0.463 e. The smallest absolute Gasteiger partial charge is 0.463 e. The number of likely N-dealkylation sites (N-methyl/N-ethyl adjacent to an activating group) is 1. The van der Waals surface area contributed by atoms with Gasteiger partial charge in [-0.15, -0.1) is 0 Å². The van der Waals surface area contributed by atoms with E-state index in [0.717, 1.165) is 19.3 Å². The number of esters is 1. The van der Waals surface area contributed by atoms with Crippen LogP contribution in [0.15, 0.2) is 12.2 Å². The molecule has 0 heterocycles. The standard InChI is InChI=1S/C31H62NO7P/c1-6-7-8-9-10-11-12-13-14-15-16-17-18-19-20-21-22-23-24-25-30(33)37-28-31(2,34)29-39-40(35,36)38-27-26-32(3,4)5/h13-14,34H,6-12,15-29H2,1-5H3/p+1/b14-13-. The van der Waals surface area contributed by atoms with E-state index < -0.39 is 20.0 Å². The van der Waals surface area contributed by atoms with Gasteiger partial charge in [-0.2, -0.15) is 0 Å². The number of unbranched alkanes of at least 4 members (excludes halogenated alkanes) is 15. The molecule has 0 aromatic heterocycles. The summed E-state index contributed by atoms with van der Waals surface area (Å²) < 4.78 is 27.5. The molecule has 9 heteroatoms. The lowest BCUT2D eigenvalue weighted by Gasteiger charge is -2.25. The highest BCUT2D eigenvalue weighted by Gasteiger charge is 2.30. The van der Waals surface area contributed by atoms with Crippen molar-refractivity contribution < 1.29 is 37.6 Å². The lowest BCUT2D eigenvalue weighted by Crippen LogP contribution is -2.38. The molecule has 0 aliphatic carbocycles. The Labute approximate surface area is 246 Å². The van der Waals surface area contributed by atoms with Gasteiger partial charge in [0.05, 0.1) is 27.7 Å². The van der Waals surface area contributed by atoms with E-state index in [1.165, 1.54) is 96.8 Å². The Kier molecular flexibility index (Phi) is 23.3. The maximum Gasteiger partial charge on any atom is 0.472 e. The van der Waals surface area contributed by atoms with Gasteiger partial charge in [-0.25, -0.2) is 4.57 Å². The molecule has 0 spiro atoms. The van der Waals surface area contributed by atoms with Crippen molar-refractivity contribution >= 4 is 13.8 Å². The van der Waals surface area contributed by atoms with Gasteiger partial charge in [0.2, 0.25) is 0 Å². The number of allylic oxidation sites excluding steroid dienone is 2. The number of phosphoric ester groups is 1. The van der Waals surface area contributed by atoms with Crippen LogP contribution in [0, 0.1) is 0 Å². The molecule has 0 fully saturated rings. The molecule has 0 aliphatic heterocycles. The molecule has 238 valence electrons. The number of carbonyl (C=O) groups is 1. The summed E-state index contributed by atoms with van der Waals surface area (Å²) in [6.07, 6.45) is 26.1. The third-order valence-electron chi connectivity index (χ3n) is 6.74. The van der Waals surface area contributed by atoms with Crippen molar-refractivity contribution in [2.75, 3.05) is 47.5 Å². The molecule has 0 saturated heterocycles. The first-order valence-electron chi connectivity index (χ1n) is 15.8. The largest absolute Gasteiger partial charge is 0.472 e. The number of hydrogen-bond acceptors (Lipinski definition) is 6. The number of phosphoric acid groups is 1. The van der Waals surface area contributed by atoms with Crippen LogP contribution in [0.2, 0.25) is 0 Å². The number of aliphatic hydroxyl groups is 1. The van der Waals surface area contributed by atoms with Crippen LogP contribution in [0.5, 0.6) is 0 Å². The van der Waals surface area contributed by atoms with E-state index in [0.29, 0.717) is 17.4 Å². The van der Waals surface area contributed by atoms with Gasteiger partial charge in [0.1, 0.15) is 25.4 Å². The maximum absolute atomic E-state index is 12.0. The predicted octanol–water partition coefficient (Wildman–Crippen LogP) is 7.72.